The van der Waals surface area contributed by atoms with Crippen LogP contribution in [-0.4, -0.2) is 35.4 Å². The highest BCUT2D eigenvalue weighted by Crippen LogP contribution is 2.18. The molecule has 0 fully saturated rings. The zero-order valence-electron chi connectivity index (χ0n) is 13.3. The standard InChI is InChI=1S/C18H20N2O3S/c21-13-6-11-18-19-16-9-4-5-10-17(16)20(18)12-14-24(22,23)15-7-2-1-3-8-15/h1-5,7-10,21H,6,11-14H2. The third-order valence-corrected chi connectivity index (χ3v) is 5.69. The van der Waals surface area contributed by atoms with Crippen molar-refractivity contribution >= 4 is 20.9 Å². The zero-order chi connectivity index (χ0) is 17.0. The van der Waals surface area contributed by atoms with Crippen LogP contribution in [0.5, 0.6) is 0 Å². The van der Waals surface area contributed by atoms with Gasteiger partial charge in [0.2, 0.25) is 0 Å². The summed E-state index contributed by atoms with van der Waals surface area (Å²) in [4.78, 5) is 4.92. The highest BCUT2D eigenvalue weighted by molar-refractivity contribution is 7.91. The smallest absolute Gasteiger partial charge is 0.180 e. The van der Waals surface area contributed by atoms with Gasteiger partial charge in [0.25, 0.3) is 0 Å². The summed E-state index contributed by atoms with van der Waals surface area (Å²) in [7, 11) is -3.34. The quantitative estimate of drug-likeness (QED) is 0.714. The predicted octanol–water partition coefficient (Wildman–Crippen LogP) is 2.44. The van der Waals surface area contributed by atoms with Crippen LogP contribution in [0, 0.1) is 0 Å². The third-order valence-electron chi connectivity index (χ3n) is 3.98. The lowest BCUT2D eigenvalue weighted by Crippen LogP contribution is -2.15. The van der Waals surface area contributed by atoms with Crippen LogP contribution in [0.3, 0.4) is 0 Å². The van der Waals surface area contributed by atoms with Crippen molar-refractivity contribution in [1.29, 1.82) is 0 Å². The topological polar surface area (TPSA) is 72.2 Å². The van der Waals surface area contributed by atoms with Gasteiger partial charge in [-0.25, -0.2) is 13.4 Å². The Bertz CT molecular complexity index is 918. The maximum absolute atomic E-state index is 12.5. The Morgan fingerprint density at radius 1 is 1.00 bits per heavy atom. The summed E-state index contributed by atoms with van der Waals surface area (Å²) in [5.41, 5.74) is 1.77. The van der Waals surface area contributed by atoms with E-state index in [1.54, 1.807) is 30.3 Å². The molecule has 0 atom stereocenters. The minimum atomic E-state index is -3.34. The molecule has 0 spiro atoms. The molecule has 0 aliphatic carbocycles. The zero-order valence-corrected chi connectivity index (χ0v) is 14.1. The first-order valence-corrected chi connectivity index (χ1v) is 9.60. The molecule has 3 aromatic rings. The molecule has 0 radical (unpaired) electrons. The Labute approximate surface area is 141 Å². The van der Waals surface area contributed by atoms with Gasteiger partial charge in [-0.1, -0.05) is 30.3 Å². The number of aromatic nitrogens is 2. The molecule has 6 heteroatoms. The molecule has 1 N–H and O–H groups in total. The normalized spacial score (nSPS) is 11.9. The highest BCUT2D eigenvalue weighted by Gasteiger charge is 2.17. The fraction of sp³-hybridized carbons (Fsp3) is 0.278. The molecular formula is C18H20N2O3S. The van der Waals surface area contributed by atoms with Crippen LogP contribution in [0.4, 0.5) is 0 Å². The lowest BCUT2D eigenvalue weighted by atomic mass is 10.3. The summed E-state index contributed by atoms with van der Waals surface area (Å²) < 4.78 is 27.0. The molecule has 0 saturated heterocycles. The first-order valence-electron chi connectivity index (χ1n) is 7.94. The van der Waals surface area contributed by atoms with E-state index in [0.717, 1.165) is 16.9 Å². The number of benzene rings is 2. The van der Waals surface area contributed by atoms with Gasteiger partial charge >= 0.3 is 0 Å². The summed E-state index contributed by atoms with van der Waals surface area (Å²) in [5, 5.41) is 9.07. The summed E-state index contributed by atoms with van der Waals surface area (Å²) in [6.45, 7) is 0.435. The van der Waals surface area contributed by atoms with Crippen molar-refractivity contribution in [1.82, 2.24) is 9.55 Å². The molecule has 1 heterocycles. The van der Waals surface area contributed by atoms with Crippen LogP contribution in [0.1, 0.15) is 12.2 Å². The first-order chi connectivity index (χ1) is 11.6. The molecule has 5 nitrogen and oxygen atoms in total. The monoisotopic (exact) mass is 344 g/mol. The Morgan fingerprint density at radius 3 is 2.46 bits per heavy atom. The number of fused-ring (bicyclic) bond motifs is 1. The van der Waals surface area contributed by atoms with Crippen LogP contribution in [0.15, 0.2) is 59.5 Å². The minimum Gasteiger partial charge on any atom is -0.396 e. The minimum absolute atomic E-state index is 0.0174. The van der Waals surface area contributed by atoms with E-state index in [1.807, 2.05) is 28.8 Å². The second-order valence-corrected chi connectivity index (χ2v) is 7.74. The average molecular weight is 344 g/mol. The fourth-order valence-electron chi connectivity index (χ4n) is 2.76. The molecule has 0 saturated carbocycles. The third kappa shape index (κ3) is 3.49. The Balaban J connectivity index is 1.89. The van der Waals surface area contributed by atoms with Crippen molar-refractivity contribution in [3.05, 3.63) is 60.4 Å². The molecule has 0 unspecified atom stereocenters. The molecule has 3 rings (SSSR count). The molecule has 2 aromatic carbocycles. The van der Waals surface area contributed by atoms with Crippen molar-refractivity contribution in [3.63, 3.8) is 0 Å². The molecule has 1 aromatic heterocycles. The summed E-state index contributed by atoms with van der Waals surface area (Å²) >= 11 is 0. The van der Waals surface area contributed by atoms with Gasteiger partial charge in [-0.3, -0.25) is 0 Å². The molecule has 24 heavy (non-hydrogen) atoms. The largest absolute Gasteiger partial charge is 0.396 e. The summed E-state index contributed by atoms with van der Waals surface area (Å²) in [6.07, 6.45) is 1.23. The number of aliphatic hydroxyl groups excluding tert-OH is 1. The number of imidazole rings is 1. The lowest BCUT2D eigenvalue weighted by molar-refractivity contribution is 0.287. The van der Waals surface area contributed by atoms with Gasteiger partial charge in [-0.05, 0) is 30.7 Å². The van der Waals surface area contributed by atoms with Gasteiger partial charge in [0.1, 0.15) is 5.82 Å². The molecule has 0 aliphatic heterocycles. The van der Waals surface area contributed by atoms with Gasteiger partial charge in [0.15, 0.2) is 9.84 Å². The number of para-hydroxylation sites is 2. The van der Waals surface area contributed by atoms with Crippen LogP contribution < -0.4 is 0 Å². The SMILES string of the molecule is O=S(=O)(CCn1c(CCCO)nc2ccccc21)c1ccccc1. The second kappa shape index (κ2) is 7.15. The van der Waals surface area contributed by atoms with Crippen molar-refractivity contribution in [2.75, 3.05) is 12.4 Å². The van der Waals surface area contributed by atoms with E-state index < -0.39 is 9.84 Å². The van der Waals surface area contributed by atoms with Gasteiger partial charge in [0.05, 0.1) is 21.7 Å². The molecular weight excluding hydrogens is 324 g/mol. The van der Waals surface area contributed by atoms with Crippen LogP contribution >= 0.6 is 0 Å². The number of hydrogen-bond acceptors (Lipinski definition) is 4. The van der Waals surface area contributed by atoms with E-state index in [9.17, 15) is 8.42 Å². The Hall–Kier alpha value is -2.18. The number of sulfone groups is 1. The number of rotatable bonds is 7. The van der Waals surface area contributed by atoms with E-state index in [0.29, 0.717) is 24.3 Å². The predicted molar refractivity (Wildman–Crippen MR) is 93.6 cm³/mol. The van der Waals surface area contributed by atoms with Gasteiger partial charge < -0.3 is 9.67 Å². The maximum Gasteiger partial charge on any atom is 0.180 e. The van der Waals surface area contributed by atoms with Crippen LogP contribution in [-0.2, 0) is 22.8 Å². The van der Waals surface area contributed by atoms with Crippen molar-refractivity contribution < 1.29 is 13.5 Å². The molecule has 0 bridgehead atoms. The highest BCUT2D eigenvalue weighted by atomic mass is 32.2. The molecule has 0 aliphatic rings. The fourth-order valence-corrected chi connectivity index (χ4v) is 3.99. The van der Waals surface area contributed by atoms with Gasteiger partial charge in [0, 0.05) is 19.6 Å². The number of nitrogens with zero attached hydrogens (tertiary/aromatic N) is 2. The van der Waals surface area contributed by atoms with E-state index in [1.165, 1.54) is 0 Å². The summed E-state index contributed by atoms with van der Waals surface area (Å²) in [6, 6.07) is 16.2. The van der Waals surface area contributed by atoms with E-state index >= 15 is 0 Å². The van der Waals surface area contributed by atoms with E-state index in [4.69, 9.17) is 5.11 Å². The Kier molecular flexibility index (Phi) is 4.97. The lowest BCUT2D eigenvalue weighted by Gasteiger charge is -2.10. The van der Waals surface area contributed by atoms with Gasteiger partial charge in [-0.15, -0.1) is 0 Å². The van der Waals surface area contributed by atoms with Crippen molar-refractivity contribution in [3.8, 4) is 0 Å². The van der Waals surface area contributed by atoms with Crippen LogP contribution in [0.2, 0.25) is 0 Å². The number of hydrogen-bond donors (Lipinski definition) is 1. The van der Waals surface area contributed by atoms with Crippen LogP contribution in [0.25, 0.3) is 11.0 Å². The second-order valence-electron chi connectivity index (χ2n) is 5.63. The molecule has 126 valence electrons. The number of aryl methyl sites for hydroxylation is 2. The van der Waals surface area contributed by atoms with Gasteiger partial charge in [-0.2, -0.15) is 0 Å². The van der Waals surface area contributed by atoms with Crippen molar-refractivity contribution in [2.45, 2.75) is 24.3 Å². The van der Waals surface area contributed by atoms with Crippen molar-refractivity contribution in [2.24, 2.45) is 0 Å². The molecule has 0 amide bonds. The number of aliphatic hydroxyl groups is 1. The first kappa shape index (κ1) is 16.7. The van der Waals surface area contributed by atoms with E-state index in [-0.39, 0.29) is 12.4 Å². The summed E-state index contributed by atoms with van der Waals surface area (Å²) in [5.74, 6) is 0.831. The average Bonchev–Trinajstić information content (AvgIpc) is 2.96. The van der Waals surface area contributed by atoms with E-state index in [2.05, 4.69) is 4.98 Å². The Morgan fingerprint density at radius 2 is 1.71 bits per heavy atom. The maximum atomic E-state index is 12.5.